The van der Waals surface area contributed by atoms with Gasteiger partial charge < -0.3 is 10.4 Å². The molecule has 8 heteroatoms. The van der Waals surface area contributed by atoms with Gasteiger partial charge in [-0.15, -0.1) is 0 Å². The third-order valence-electron chi connectivity index (χ3n) is 2.23. The standard InChI is InChI=1S/C12H12F3NO3S/c13-12(14,15)6-3-7-20-11(19)16-9-5-2-1-4-8(9)10(17)18/h1-2,4-5H,3,6-7H2,(H,16,19)(H,17,18). The van der Waals surface area contributed by atoms with Gasteiger partial charge in [0.1, 0.15) is 0 Å². The van der Waals surface area contributed by atoms with Gasteiger partial charge in [0.15, 0.2) is 0 Å². The van der Waals surface area contributed by atoms with E-state index < -0.39 is 23.8 Å². The minimum atomic E-state index is -4.23. The molecule has 0 bridgehead atoms. The molecule has 0 spiro atoms. The van der Waals surface area contributed by atoms with Crippen molar-refractivity contribution in [3.63, 3.8) is 0 Å². The molecule has 2 N–H and O–H groups in total. The SMILES string of the molecule is O=C(Nc1ccccc1C(=O)O)SCCCC(F)(F)F. The maximum Gasteiger partial charge on any atom is 0.389 e. The van der Waals surface area contributed by atoms with Crippen molar-refractivity contribution in [1.29, 1.82) is 0 Å². The Morgan fingerprint density at radius 3 is 2.50 bits per heavy atom. The number of hydrogen-bond donors (Lipinski definition) is 2. The van der Waals surface area contributed by atoms with Gasteiger partial charge >= 0.3 is 12.1 Å². The van der Waals surface area contributed by atoms with E-state index >= 15 is 0 Å². The Bertz CT molecular complexity index is 491. The number of carbonyl (C=O) groups excluding carboxylic acids is 1. The molecule has 0 aromatic heterocycles. The zero-order valence-corrected chi connectivity index (χ0v) is 11.1. The molecule has 0 atom stereocenters. The van der Waals surface area contributed by atoms with Crippen LogP contribution in [0.25, 0.3) is 0 Å². The molecule has 0 aliphatic rings. The third-order valence-corrected chi connectivity index (χ3v) is 3.09. The number of alkyl halides is 3. The summed E-state index contributed by atoms with van der Waals surface area (Å²) >= 11 is 0.689. The largest absolute Gasteiger partial charge is 0.478 e. The van der Waals surface area contributed by atoms with Crippen LogP contribution in [-0.4, -0.2) is 28.2 Å². The first-order valence-electron chi connectivity index (χ1n) is 5.62. The van der Waals surface area contributed by atoms with Gasteiger partial charge in [-0.3, -0.25) is 4.79 Å². The number of amides is 1. The minimum Gasteiger partial charge on any atom is -0.478 e. The monoisotopic (exact) mass is 307 g/mol. The lowest BCUT2D eigenvalue weighted by Crippen LogP contribution is -2.11. The molecule has 1 amide bonds. The highest BCUT2D eigenvalue weighted by molar-refractivity contribution is 8.13. The van der Waals surface area contributed by atoms with Crippen LogP contribution >= 0.6 is 11.8 Å². The molecular weight excluding hydrogens is 295 g/mol. The van der Waals surface area contributed by atoms with Crippen molar-refractivity contribution in [2.75, 3.05) is 11.1 Å². The predicted molar refractivity (Wildman–Crippen MR) is 70.2 cm³/mol. The molecule has 0 aliphatic carbocycles. The zero-order chi connectivity index (χ0) is 15.2. The number of halogens is 3. The van der Waals surface area contributed by atoms with Crippen molar-refractivity contribution in [3.05, 3.63) is 29.8 Å². The molecule has 1 rings (SSSR count). The Balaban J connectivity index is 2.45. The van der Waals surface area contributed by atoms with Crippen molar-refractivity contribution < 1.29 is 27.9 Å². The summed E-state index contributed by atoms with van der Waals surface area (Å²) in [5, 5.41) is 10.7. The predicted octanol–water partition coefficient (Wildman–Crippen LogP) is 3.99. The number of benzene rings is 1. The van der Waals surface area contributed by atoms with E-state index in [9.17, 15) is 22.8 Å². The van der Waals surface area contributed by atoms with Crippen LogP contribution in [0.5, 0.6) is 0 Å². The second-order valence-electron chi connectivity index (χ2n) is 3.83. The quantitative estimate of drug-likeness (QED) is 0.807. The van der Waals surface area contributed by atoms with Crippen molar-refractivity contribution in [2.24, 2.45) is 0 Å². The second kappa shape index (κ2) is 7.18. The van der Waals surface area contributed by atoms with Crippen LogP contribution in [-0.2, 0) is 0 Å². The summed E-state index contributed by atoms with van der Waals surface area (Å²) in [6.45, 7) is 0. The molecule has 4 nitrogen and oxygen atoms in total. The van der Waals surface area contributed by atoms with E-state index in [-0.39, 0.29) is 23.4 Å². The van der Waals surface area contributed by atoms with Crippen molar-refractivity contribution in [3.8, 4) is 0 Å². The van der Waals surface area contributed by atoms with Crippen LogP contribution in [0.15, 0.2) is 24.3 Å². The molecule has 0 unspecified atom stereocenters. The van der Waals surface area contributed by atoms with E-state index in [0.717, 1.165) is 0 Å². The average Bonchev–Trinajstić information content (AvgIpc) is 2.34. The van der Waals surface area contributed by atoms with Gasteiger partial charge in [-0.05, 0) is 18.6 Å². The first-order valence-corrected chi connectivity index (χ1v) is 6.61. The topological polar surface area (TPSA) is 66.4 Å². The van der Waals surface area contributed by atoms with E-state index in [1.165, 1.54) is 18.2 Å². The van der Waals surface area contributed by atoms with Crippen molar-refractivity contribution >= 4 is 28.7 Å². The lowest BCUT2D eigenvalue weighted by molar-refractivity contribution is -0.134. The molecule has 1 aromatic rings. The number of hydrogen-bond acceptors (Lipinski definition) is 3. The molecule has 0 heterocycles. The van der Waals surface area contributed by atoms with Crippen molar-refractivity contribution in [2.45, 2.75) is 19.0 Å². The molecular formula is C12H12F3NO3S. The molecule has 110 valence electrons. The fourth-order valence-electron chi connectivity index (χ4n) is 1.36. The van der Waals surface area contributed by atoms with Crippen LogP contribution in [0.1, 0.15) is 23.2 Å². The number of para-hydroxylation sites is 1. The number of nitrogens with one attached hydrogen (secondary N) is 1. The van der Waals surface area contributed by atoms with Crippen LogP contribution in [0.2, 0.25) is 0 Å². The molecule has 0 saturated carbocycles. The highest BCUT2D eigenvalue weighted by Gasteiger charge is 2.26. The summed E-state index contributed by atoms with van der Waals surface area (Å²) in [5.41, 5.74) is 0.0464. The normalized spacial score (nSPS) is 11.2. The van der Waals surface area contributed by atoms with Crippen LogP contribution < -0.4 is 5.32 Å². The Morgan fingerprint density at radius 2 is 1.90 bits per heavy atom. The Morgan fingerprint density at radius 1 is 1.25 bits per heavy atom. The Hall–Kier alpha value is -1.70. The fourth-order valence-corrected chi connectivity index (χ4v) is 2.02. The van der Waals surface area contributed by atoms with Gasteiger partial charge in [0.05, 0.1) is 11.3 Å². The number of aromatic carboxylic acids is 1. The molecule has 1 aromatic carbocycles. The van der Waals surface area contributed by atoms with Gasteiger partial charge in [0.2, 0.25) is 0 Å². The highest BCUT2D eigenvalue weighted by atomic mass is 32.2. The van der Waals surface area contributed by atoms with E-state index in [1.54, 1.807) is 6.07 Å². The van der Waals surface area contributed by atoms with Crippen LogP contribution in [0, 0.1) is 0 Å². The third kappa shape index (κ3) is 5.96. The summed E-state index contributed by atoms with van der Waals surface area (Å²) in [5.74, 6) is -1.18. The molecule has 0 radical (unpaired) electrons. The van der Waals surface area contributed by atoms with E-state index in [1.807, 2.05) is 0 Å². The van der Waals surface area contributed by atoms with Crippen LogP contribution in [0.3, 0.4) is 0 Å². The minimum absolute atomic E-state index is 0.0145. The summed E-state index contributed by atoms with van der Waals surface area (Å²) in [6.07, 6.45) is -5.34. The van der Waals surface area contributed by atoms with Crippen LogP contribution in [0.4, 0.5) is 23.7 Å². The number of rotatable bonds is 5. The van der Waals surface area contributed by atoms with Gasteiger partial charge in [-0.1, -0.05) is 23.9 Å². The number of carbonyl (C=O) groups is 2. The van der Waals surface area contributed by atoms with Gasteiger partial charge in [0, 0.05) is 12.2 Å². The van der Waals surface area contributed by atoms with E-state index in [4.69, 9.17) is 5.11 Å². The van der Waals surface area contributed by atoms with E-state index in [0.29, 0.717) is 11.8 Å². The molecule has 0 aliphatic heterocycles. The van der Waals surface area contributed by atoms with Crippen molar-refractivity contribution in [1.82, 2.24) is 0 Å². The van der Waals surface area contributed by atoms with Gasteiger partial charge in [-0.25, -0.2) is 4.79 Å². The number of thioether (sulfide) groups is 1. The maximum atomic E-state index is 11.9. The number of carboxylic acids is 1. The average molecular weight is 307 g/mol. The lowest BCUT2D eigenvalue weighted by Gasteiger charge is -2.08. The zero-order valence-electron chi connectivity index (χ0n) is 10.2. The Kier molecular flexibility index (Phi) is 5.87. The lowest BCUT2D eigenvalue weighted by atomic mass is 10.2. The first-order chi connectivity index (χ1) is 9.29. The molecule has 20 heavy (non-hydrogen) atoms. The molecule has 0 fully saturated rings. The molecule has 0 saturated heterocycles. The summed E-state index contributed by atoms with van der Waals surface area (Å²) in [7, 11) is 0. The van der Waals surface area contributed by atoms with Gasteiger partial charge in [0.25, 0.3) is 5.24 Å². The smallest absolute Gasteiger partial charge is 0.389 e. The highest BCUT2D eigenvalue weighted by Crippen LogP contribution is 2.23. The first kappa shape index (κ1) is 16.4. The number of anilines is 1. The summed E-state index contributed by atoms with van der Waals surface area (Å²) < 4.78 is 35.7. The fraction of sp³-hybridized carbons (Fsp3) is 0.333. The summed E-state index contributed by atoms with van der Waals surface area (Å²) in [6, 6.07) is 5.80. The van der Waals surface area contributed by atoms with Gasteiger partial charge in [-0.2, -0.15) is 13.2 Å². The second-order valence-corrected chi connectivity index (χ2v) is 4.90. The Labute approximate surface area is 117 Å². The number of carboxylic acid groups (broad SMARTS) is 1. The maximum absolute atomic E-state index is 11.9. The van der Waals surface area contributed by atoms with E-state index in [2.05, 4.69) is 5.32 Å². The summed E-state index contributed by atoms with van der Waals surface area (Å²) in [4.78, 5) is 22.4.